The molecule has 6 nitrogen and oxygen atoms in total. The first kappa shape index (κ1) is 25.5. The Kier molecular flexibility index (Phi) is 11.9. The van der Waals surface area contributed by atoms with Crippen LogP contribution < -0.4 is 9.47 Å². The summed E-state index contributed by atoms with van der Waals surface area (Å²) < 4.78 is 15.8. The van der Waals surface area contributed by atoms with Crippen molar-refractivity contribution < 1.29 is 28.9 Å². The highest BCUT2D eigenvalue weighted by Gasteiger charge is 2.04. The third-order valence-corrected chi connectivity index (χ3v) is 3.85. The fourth-order valence-electron chi connectivity index (χ4n) is 2.14. The van der Waals surface area contributed by atoms with Gasteiger partial charge in [0.2, 0.25) is 0 Å². The van der Waals surface area contributed by atoms with Gasteiger partial charge in [-0.3, -0.25) is 0 Å². The molecule has 1 N–H and O–H groups in total. The molecule has 6 heteroatoms. The van der Waals surface area contributed by atoms with Gasteiger partial charge in [-0.25, -0.2) is 9.59 Å². The summed E-state index contributed by atoms with van der Waals surface area (Å²) in [6, 6.07) is 18.9. The predicted molar refractivity (Wildman–Crippen MR) is 120 cm³/mol. The highest BCUT2D eigenvalue weighted by Crippen LogP contribution is 2.13. The Hall–Kier alpha value is -3.54. The molecule has 1 unspecified atom stereocenters. The molecular weight excluding hydrogens is 396 g/mol. The lowest BCUT2D eigenvalue weighted by Gasteiger charge is -2.12. The minimum absolute atomic E-state index is 0.0308. The van der Waals surface area contributed by atoms with E-state index >= 15 is 0 Å². The summed E-state index contributed by atoms with van der Waals surface area (Å²) >= 11 is 0. The van der Waals surface area contributed by atoms with Gasteiger partial charge in [-0.2, -0.15) is 0 Å². The Balaban J connectivity index is 0.000000311. The number of benzene rings is 2. The normalized spacial score (nSPS) is 11.4. The van der Waals surface area contributed by atoms with Gasteiger partial charge in [-0.05, 0) is 45.0 Å². The van der Waals surface area contributed by atoms with Crippen LogP contribution in [0.4, 0.5) is 0 Å². The second-order valence-electron chi connectivity index (χ2n) is 6.75. The van der Waals surface area contributed by atoms with Gasteiger partial charge < -0.3 is 19.3 Å². The fourth-order valence-corrected chi connectivity index (χ4v) is 2.14. The quantitative estimate of drug-likeness (QED) is 0.325. The van der Waals surface area contributed by atoms with E-state index < -0.39 is 5.97 Å². The van der Waals surface area contributed by atoms with Gasteiger partial charge in [0, 0.05) is 17.6 Å². The summed E-state index contributed by atoms with van der Waals surface area (Å²) in [5.41, 5.74) is 0.748. The smallest absolute Gasteiger partial charge is 0.333 e. The molecule has 1 atom stereocenters. The van der Waals surface area contributed by atoms with Crippen LogP contribution in [-0.2, 0) is 14.3 Å². The predicted octanol–water partition coefficient (Wildman–Crippen LogP) is 5.06. The average molecular weight is 427 g/mol. The number of ether oxygens (including phenoxy) is 3. The first-order chi connectivity index (χ1) is 14.8. The number of carboxylic acids is 1. The zero-order valence-corrected chi connectivity index (χ0v) is 18.2. The molecule has 0 radical (unpaired) electrons. The molecule has 0 saturated carbocycles. The van der Waals surface area contributed by atoms with Crippen LogP contribution in [0, 0.1) is 0 Å². The lowest BCUT2D eigenvalue weighted by Crippen LogP contribution is -2.12. The molecule has 0 fully saturated rings. The number of esters is 1. The van der Waals surface area contributed by atoms with E-state index in [2.05, 4.69) is 6.58 Å². The van der Waals surface area contributed by atoms with Gasteiger partial charge in [0.15, 0.2) is 0 Å². The number of rotatable bonds is 10. The van der Waals surface area contributed by atoms with Crippen LogP contribution in [0.5, 0.6) is 11.5 Å². The van der Waals surface area contributed by atoms with Crippen LogP contribution in [0.2, 0.25) is 0 Å². The second-order valence-corrected chi connectivity index (χ2v) is 6.75. The molecule has 0 amide bonds. The summed E-state index contributed by atoms with van der Waals surface area (Å²) in [4.78, 5) is 21.5. The molecule has 0 aliphatic carbocycles. The first-order valence-electron chi connectivity index (χ1n) is 9.91. The second kappa shape index (κ2) is 14.4. The highest BCUT2D eigenvalue weighted by molar-refractivity contribution is 5.87. The molecule has 0 aliphatic heterocycles. The van der Waals surface area contributed by atoms with Crippen LogP contribution in [-0.4, -0.2) is 36.4 Å². The van der Waals surface area contributed by atoms with Crippen molar-refractivity contribution in [1.29, 1.82) is 0 Å². The van der Waals surface area contributed by atoms with Crippen molar-refractivity contribution in [3.8, 4) is 11.5 Å². The molecule has 0 heterocycles. The minimum Gasteiger partial charge on any atom is -0.490 e. The average Bonchev–Trinajstić information content (AvgIpc) is 2.76. The summed E-state index contributed by atoms with van der Waals surface area (Å²) in [7, 11) is 0. The SMILES string of the molecule is C=C(C)C(=O)OCCOc1ccccc1.CC(=CCC(C)Oc1ccccc1)C(=O)O. The molecule has 2 aromatic rings. The van der Waals surface area contributed by atoms with Gasteiger partial charge in [0.05, 0.1) is 6.10 Å². The maximum Gasteiger partial charge on any atom is 0.333 e. The molecular formula is C25H30O6. The summed E-state index contributed by atoms with van der Waals surface area (Å²) in [6.45, 7) is 9.17. The van der Waals surface area contributed by atoms with Crippen molar-refractivity contribution in [3.63, 3.8) is 0 Å². The number of carbonyl (C=O) groups is 2. The maximum absolute atomic E-state index is 11.0. The zero-order chi connectivity index (χ0) is 23.1. The molecule has 0 aromatic heterocycles. The van der Waals surface area contributed by atoms with E-state index in [-0.39, 0.29) is 18.7 Å². The maximum atomic E-state index is 11.0. The number of carbonyl (C=O) groups excluding carboxylic acids is 1. The minimum atomic E-state index is -0.882. The molecule has 0 saturated heterocycles. The van der Waals surface area contributed by atoms with E-state index in [9.17, 15) is 9.59 Å². The third-order valence-electron chi connectivity index (χ3n) is 3.85. The third kappa shape index (κ3) is 11.9. The van der Waals surface area contributed by atoms with Crippen LogP contribution in [0.1, 0.15) is 27.2 Å². The number of aliphatic carboxylic acids is 1. The van der Waals surface area contributed by atoms with Crippen LogP contribution in [0.25, 0.3) is 0 Å². The van der Waals surface area contributed by atoms with Crippen LogP contribution in [0.15, 0.2) is 84.5 Å². The fraction of sp³-hybridized carbons (Fsp3) is 0.280. The number of hydrogen-bond acceptors (Lipinski definition) is 5. The Morgan fingerprint density at radius 3 is 2.03 bits per heavy atom. The number of para-hydroxylation sites is 2. The van der Waals surface area contributed by atoms with Gasteiger partial charge in [0.25, 0.3) is 0 Å². The van der Waals surface area contributed by atoms with Crippen molar-refractivity contribution in [1.82, 2.24) is 0 Å². The van der Waals surface area contributed by atoms with Gasteiger partial charge in [0.1, 0.15) is 24.7 Å². The van der Waals surface area contributed by atoms with E-state index in [1.807, 2.05) is 67.6 Å². The standard InChI is InChI=1S/C13H16O3.C12H14O3/c1-10(13(14)15)8-9-11(2)16-12-6-4-3-5-7-12;1-10(2)12(13)15-9-8-14-11-6-4-3-5-7-11/h3-8,11H,9H2,1-2H3,(H,14,15);3-7H,1,8-9H2,2H3. The van der Waals surface area contributed by atoms with E-state index in [1.165, 1.54) is 0 Å². The summed E-state index contributed by atoms with van der Waals surface area (Å²) in [5.74, 6) is 0.304. The highest BCUT2D eigenvalue weighted by atomic mass is 16.6. The van der Waals surface area contributed by atoms with Crippen molar-refractivity contribution >= 4 is 11.9 Å². The summed E-state index contributed by atoms with van der Waals surface area (Å²) in [5, 5.41) is 8.68. The summed E-state index contributed by atoms with van der Waals surface area (Å²) in [6.07, 6.45) is 2.24. The van der Waals surface area contributed by atoms with E-state index in [4.69, 9.17) is 19.3 Å². The van der Waals surface area contributed by atoms with Crippen molar-refractivity contribution in [2.75, 3.05) is 13.2 Å². The van der Waals surface area contributed by atoms with Crippen LogP contribution >= 0.6 is 0 Å². The molecule has 2 aromatic carbocycles. The topological polar surface area (TPSA) is 82.1 Å². The number of carboxylic acid groups (broad SMARTS) is 1. The van der Waals surface area contributed by atoms with Gasteiger partial charge in [-0.1, -0.05) is 49.1 Å². The van der Waals surface area contributed by atoms with Crippen molar-refractivity contribution in [3.05, 3.63) is 84.5 Å². The Morgan fingerprint density at radius 2 is 1.52 bits per heavy atom. The molecule has 0 spiro atoms. The largest absolute Gasteiger partial charge is 0.490 e. The van der Waals surface area contributed by atoms with Gasteiger partial charge in [-0.15, -0.1) is 0 Å². The van der Waals surface area contributed by atoms with E-state index in [1.54, 1.807) is 19.9 Å². The lowest BCUT2D eigenvalue weighted by molar-refractivity contribution is -0.139. The van der Waals surface area contributed by atoms with Crippen molar-refractivity contribution in [2.45, 2.75) is 33.3 Å². The van der Waals surface area contributed by atoms with Crippen molar-refractivity contribution in [2.24, 2.45) is 0 Å². The zero-order valence-electron chi connectivity index (χ0n) is 18.2. The Bertz CT molecular complexity index is 843. The molecule has 166 valence electrons. The molecule has 0 aliphatic rings. The Morgan fingerprint density at radius 1 is 0.968 bits per heavy atom. The lowest BCUT2D eigenvalue weighted by atomic mass is 10.2. The van der Waals surface area contributed by atoms with E-state index in [0.29, 0.717) is 24.2 Å². The molecule has 31 heavy (non-hydrogen) atoms. The van der Waals surface area contributed by atoms with Crippen LogP contribution in [0.3, 0.4) is 0 Å². The van der Waals surface area contributed by atoms with E-state index in [0.717, 1.165) is 11.5 Å². The Labute approximate surface area is 183 Å². The molecule has 2 rings (SSSR count). The number of hydrogen-bond donors (Lipinski definition) is 1. The van der Waals surface area contributed by atoms with Gasteiger partial charge >= 0.3 is 11.9 Å². The monoisotopic (exact) mass is 426 g/mol. The first-order valence-corrected chi connectivity index (χ1v) is 9.91. The molecule has 0 bridgehead atoms.